The number of halogens is 3. The second-order valence-corrected chi connectivity index (χ2v) is 9.88. The van der Waals surface area contributed by atoms with Crippen LogP contribution in [0.3, 0.4) is 0 Å². The van der Waals surface area contributed by atoms with Crippen LogP contribution in [0.4, 0.5) is 18.9 Å². The summed E-state index contributed by atoms with van der Waals surface area (Å²) in [6.45, 7) is 2.73. The van der Waals surface area contributed by atoms with E-state index in [2.05, 4.69) is 6.92 Å². The zero-order chi connectivity index (χ0) is 28.7. The molecule has 0 radical (unpaired) electrons. The second-order valence-electron chi connectivity index (χ2n) is 8.87. The predicted molar refractivity (Wildman–Crippen MR) is 151 cm³/mol. The lowest BCUT2D eigenvalue weighted by Crippen LogP contribution is -2.32. The monoisotopic (exact) mass is 570 g/mol. The van der Waals surface area contributed by atoms with Crippen molar-refractivity contribution in [3.8, 4) is 11.5 Å². The molecule has 0 saturated carbocycles. The Morgan fingerprint density at radius 3 is 2.42 bits per heavy atom. The number of hydrogen-bond donors (Lipinski definition) is 0. The molecule has 0 spiro atoms. The van der Waals surface area contributed by atoms with Gasteiger partial charge in [-0.15, -0.1) is 0 Å². The number of amides is 1. The Hall–Kier alpha value is -3.76. The molecule has 4 rings (SSSR count). The lowest BCUT2D eigenvalue weighted by molar-refractivity contribution is -0.137. The highest BCUT2D eigenvalue weighted by atomic mass is 32.2. The average molecular weight is 571 g/mol. The Morgan fingerprint density at radius 2 is 1.75 bits per heavy atom. The summed E-state index contributed by atoms with van der Waals surface area (Å²) in [5.74, 6) is 0.569. The number of aliphatic imine (C=N–C) groups is 1. The molecule has 3 aromatic rings. The fraction of sp³-hybridized carbons (Fsp3) is 0.267. The first-order valence-electron chi connectivity index (χ1n) is 12.6. The molecule has 3 aromatic carbocycles. The van der Waals surface area contributed by atoms with E-state index < -0.39 is 11.7 Å². The van der Waals surface area contributed by atoms with Gasteiger partial charge in [-0.1, -0.05) is 37.3 Å². The van der Waals surface area contributed by atoms with Crippen molar-refractivity contribution in [3.05, 3.63) is 93.9 Å². The third-order valence-electron chi connectivity index (χ3n) is 6.11. The smallest absolute Gasteiger partial charge is 0.416 e. The second kappa shape index (κ2) is 13.1. The van der Waals surface area contributed by atoms with E-state index >= 15 is 0 Å². The van der Waals surface area contributed by atoms with Crippen LogP contribution >= 0.6 is 11.8 Å². The van der Waals surface area contributed by atoms with Gasteiger partial charge in [-0.3, -0.25) is 9.69 Å². The lowest BCUT2D eigenvalue weighted by atomic mass is 10.1. The Bertz CT molecular complexity index is 1400. The van der Waals surface area contributed by atoms with Gasteiger partial charge in [-0.25, -0.2) is 4.99 Å². The van der Waals surface area contributed by atoms with Gasteiger partial charge in [0.05, 0.1) is 36.4 Å². The van der Waals surface area contributed by atoms with Crippen molar-refractivity contribution >= 4 is 34.6 Å². The van der Waals surface area contributed by atoms with E-state index in [4.69, 9.17) is 19.2 Å². The van der Waals surface area contributed by atoms with E-state index in [0.717, 1.165) is 24.2 Å². The first-order valence-corrected chi connectivity index (χ1v) is 13.4. The Kier molecular flexibility index (Phi) is 9.54. The molecule has 0 N–H and O–H groups in total. The molecule has 0 aliphatic carbocycles. The van der Waals surface area contributed by atoms with Crippen LogP contribution in [0.1, 0.15) is 29.2 Å². The van der Waals surface area contributed by atoms with E-state index in [-0.39, 0.29) is 12.5 Å². The highest BCUT2D eigenvalue weighted by Gasteiger charge is 2.33. The van der Waals surface area contributed by atoms with Gasteiger partial charge in [-0.05, 0) is 77.3 Å². The molecule has 1 fully saturated rings. The summed E-state index contributed by atoms with van der Waals surface area (Å²) >= 11 is 1.27. The van der Waals surface area contributed by atoms with Gasteiger partial charge in [0.1, 0.15) is 6.61 Å². The van der Waals surface area contributed by atoms with Crippen molar-refractivity contribution in [1.29, 1.82) is 0 Å². The zero-order valence-corrected chi connectivity index (χ0v) is 23.1. The minimum absolute atomic E-state index is 0.0669. The van der Waals surface area contributed by atoms with Gasteiger partial charge >= 0.3 is 6.18 Å². The van der Waals surface area contributed by atoms with Gasteiger partial charge in [-0.2, -0.15) is 13.2 Å². The van der Waals surface area contributed by atoms with Crippen LogP contribution in [0.5, 0.6) is 11.5 Å². The maximum atomic E-state index is 13.3. The van der Waals surface area contributed by atoms with E-state index in [1.165, 1.54) is 30.5 Å². The highest BCUT2D eigenvalue weighted by molar-refractivity contribution is 8.18. The Labute approximate surface area is 235 Å². The van der Waals surface area contributed by atoms with Crippen molar-refractivity contribution in [3.63, 3.8) is 0 Å². The molecular formula is C30H29F3N2O4S. The summed E-state index contributed by atoms with van der Waals surface area (Å²) in [4.78, 5) is 20.0. The molecular weight excluding hydrogens is 541 g/mol. The maximum Gasteiger partial charge on any atom is 0.416 e. The summed E-state index contributed by atoms with van der Waals surface area (Å²) < 4.78 is 55.5. The van der Waals surface area contributed by atoms with Crippen LogP contribution in [0.2, 0.25) is 0 Å². The molecule has 0 atom stereocenters. The van der Waals surface area contributed by atoms with Crippen LogP contribution in [0, 0.1) is 0 Å². The van der Waals surface area contributed by atoms with E-state index in [1.54, 1.807) is 42.4 Å². The number of amidine groups is 1. The van der Waals surface area contributed by atoms with Crippen LogP contribution in [-0.2, 0) is 28.7 Å². The number of ether oxygens (including phenoxy) is 3. The van der Waals surface area contributed by atoms with Crippen molar-refractivity contribution in [2.75, 3.05) is 27.4 Å². The summed E-state index contributed by atoms with van der Waals surface area (Å²) in [6.07, 6.45) is -1.76. The zero-order valence-electron chi connectivity index (χ0n) is 22.3. The molecule has 6 nitrogen and oxygen atoms in total. The predicted octanol–water partition coefficient (Wildman–Crippen LogP) is 7.11. The fourth-order valence-corrected chi connectivity index (χ4v) is 4.96. The highest BCUT2D eigenvalue weighted by Crippen LogP contribution is 2.36. The third-order valence-corrected chi connectivity index (χ3v) is 7.12. The number of hydrogen-bond acceptors (Lipinski definition) is 6. The normalized spacial score (nSPS) is 15.8. The number of aryl methyl sites for hydroxylation is 1. The van der Waals surface area contributed by atoms with Crippen molar-refractivity contribution < 1.29 is 32.2 Å². The number of carbonyl (C=O) groups is 1. The molecule has 1 aliphatic rings. The van der Waals surface area contributed by atoms with Crippen LogP contribution in [0.15, 0.2) is 76.6 Å². The average Bonchev–Trinajstić information content (AvgIpc) is 3.24. The van der Waals surface area contributed by atoms with E-state index in [1.807, 2.05) is 24.3 Å². The number of rotatable bonds is 10. The fourth-order valence-electron chi connectivity index (χ4n) is 3.93. The van der Waals surface area contributed by atoms with Gasteiger partial charge in [0.15, 0.2) is 16.7 Å². The summed E-state index contributed by atoms with van der Waals surface area (Å²) in [7, 11) is 3.05. The number of benzene rings is 3. The standard InChI is InChI=1S/C30H29F3N2O4S/c1-4-20-8-11-24(12-9-20)34-29-35(14-15-37-2)28(36)27(40-29)18-21-10-13-25(26(17-21)38-3)39-19-22-6-5-7-23(16-22)30(31,32)33/h5-13,16-18H,4,14-15,19H2,1-3H3/b27-18-,34-29?. The largest absolute Gasteiger partial charge is 0.493 e. The minimum Gasteiger partial charge on any atom is -0.493 e. The SMILES string of the molecule is CCc1ccc(N=C2S/C(=C\c3ccc(OCc4cccc(C(F)(F)F)c4)c(OC)c3)C(=O)N2CCOC)cc1. The first-order chi connectivity index (χ1) is 19.2. The van der Waals surface area contributed by atoms with E-state index in [9.17, 15) is 18.0 Å². The molecule has 1 aliphatic heterocycles. The minimum atomic E-state index is -4.43. The third kappa shape index (κ3) is 7.25. The Morgan fingerprint density at radius 1 is 0.975 bits per heavy atom. The molecule has 0 aromatic heterocycles. The topological polar surface area (TPSA) is 60.4 Å². The van der Waals surface area contributed by atoms with Gasteiger partial charge in [0.2, 0.25) is 0 Å². The maximum absolute atomic E-state index is 13.3. The van der Waals surface area contributed by atoms with Gasteiger partial charge in [0, 0.05) is 7.11 Å². The molecule has 0 unspecified atom stereocenters. The van der Waals surface area contributed by atoms with Crippen LogP contribution in [-0.4, -0.2) is 43.3 Å². The Balaban J connectivity index is 1.54. The molecule has 40 heavy (non-hydrogen) atoms. The lowest BCUT2D eigenvalue weighted by Gasteiger charge is -2.14. The number of methoxy groups -OCH3 is 2. The molecule has 0 bridgehead atoms. The number of carbonyl (C=O) groups excluding carboxylic acids is 1. The summed E-state index contributed by atoms with van der Waals surface area (Å²) in [5, 5.41) is 0.561. The first kappa shape index (κ1) is 29.2. The molecule has 1 heterocycles. The van der Waals surface area contributed by atoms with Crippen LogP contribution < -0.4 is 9.47 Å². The van der Waals surface area contributed by atoms with Crippen molar-refractivity contribution in [1.82, 2.24) is 4.90 Å². The number of thioether (sulfide) groups is 1. The molecule has 210 valence electrons. The summed E-state index contributed by atoms with van der Waals surface area (Å²) in [6, 6.07) is 18.0. The van der Waals surface area contributed by atoms with E-state index in [0.29, 0.717) is 45.9 Å². The van der Waals surface area contributed by atoms with Crippen molar-refractivity contribution in [2.45, 2.75) is 26.1 Å². The van der Waals surface area contributed by atoms with Crippen molar-refractivity contribution in [2.24, 2.45) is 4.99 Å². The van der Waals surface area contributed by atoms with Crippen LogP contribution in [0.25, 0.3) is 6.08 Å². The number of nitrogens with zero attached hydrogens (tertiary/aromatic N) is 2. The molecule has 1 amide bonds. The quantitative estimate of drug-likeness (QED) is 0.243. The molecule has 10 heteroatoms. The number of alkyl halides is 3. The van der Waals surface area contributed by atoms with Gasteiger partial charge < -0.3 is 14.2 Å². The van der Waals surface area contributed by atoms with Gasteiger partial charge in [0.25, 0.3) is 5.91 Å². The molecule has 1 saturated heterocycles. The summed E-state index contributed by atoms with van der Waals surface area (Å²) in [5.41, 5.74) is 2.29.